The van der Waals surface area contributed by atoms with E-state index in [-0.39, 0.29) is 36.0 Å². The second-order valence-corrected chi connectivity index (χ2v) is 5.35. The molecule has 1 atom stereocenters. The van der Waals surface area contributed by atoms with Crippen LogP contribution in [-0.2, 0) is 4.74 Å². The van der Waals surface area contributed by atoms with Gasteiger partial charge in [0, 0.05) is 26.3 Å². The second-order valence-electron chi connectivity index (χ2n) is 5.35. The maximum Gasteiger partial charge on any atom is 0.343 e. The minimum absolute atomic E-state index is 0.0334. The molecule has 0 saturated carbocycles. The molecule has 0 aliphatic rings. The summed E-state index contributed by atoms with van der Waals surface area (Å²) in [5, 5.41) is 23.1. The topological polar surface area (TPSA) is 105 Å². The van der Waals surface area contributed by atoms with Crippen molar-refractivity contribution >= 4 is 11.8 Å². The summed E-state index contributed by atoms with van der Waals surface area (Å²) in [5.74, 6) is -1.88. The Morgan fingerprint density at radius 1 is 1.44 bits per heavy atom. The normalized spacial score (nSPS) is 12.0. The SMILES string of the molecule is COCC(O)CN(C)c1noc(-c2ccc(F)c(OC)c2)c1C(=O)O. The molecule has 0 radical (unpaired) electrons. The average molecular weight is 354 g/mol. The number of halogens is 1. The van der Waals surface area contributed by atoms with Crippen LogP contribution in [0.3, 0.4) is 0 Å². The predicted molar refractivity (Wildman–Crippen MR) is 86.6 cm³/mol. The molecule has 0 aliphatic carbocycles. The van der Waals surface area contributed by atoms with E-state index in [0.29, 0.717) is 5.56 Å². The summed E-state index contributed by atoms with van der Waals surface area (Å²) in [6, 6.07) is 3.84. The Labute approximate surface area is 143 Å². The van der Waals surface area contributed by atoms with Crippen LogP contribution in [0, 0.1) is 5.82 Å². The number of carboxylic acid groups (broad SMARTS) is 1. The molecule has 1 aromatic heterocycles. The van der Waals surface area contributed by atoms with Crippen LogP contribution in [0.2, 0.25) is 0 Å². The molecule has 25 heavy (non-hydrogen) atoms. The third-order valence-corrected chi connectivity index (χ3v) is 3.51. The summed E-state index contributed by atoms with van der Waals surface area (Å²) < 4.78 is 28.5. The number of aromatic carboxylic acids is 1. The molecule has 9 heteroatoms. The van der Waals surface area contributed by atoms with Crippen LogP contribution in [0.1, 0.15) is 10.4 Å². The van der Waals surface area contributed by atoms with Crippen LogP contribution in [-0.4, -0.2) is 61.9 Å². The molecule has 0 fully saturated rings. The van der Waals surface area contributed by atoms with Gasteiger partial charge in [-0.25, -0.2) is 9.18 Å². The van der Waals surface area contributed by atoms with E-state index >= 15 is 0 Å². The van der Waals surface area contributed by atoms with Crippen molar-refractivity contribution in [3.05, 3.63) is 29.6 Å². The fourth-order valence-electron chi connectivity index (χ4n) is 2.38. The Morgan fingerprint density at radius 2 is 2.16 bits per heavy atom. The Kier molecular flexibility index (Phi) is 5.94. The first-order valence-corrected chi connectivity index (χ1v) is 7.34. The van der Waals surface area contributed by atoms with Crippen LogP contribution in [0.25, 0.3) is 11.3 Å². The number of hydrogen-bond donors (Lipinski definition) is 2. The number of rotatable bonds is 8. The largest absolute Gasteiger partial charge is 0.494 e. The molecular formula is C16H19FN2O6. The zero-order chi connectivity index (χ0) is 18.6. The fourth-order valence-corrected chi connectivity index (χ4v) is 2.38. The molecule has 0 amide bonds. The summed E-state index contributed by atoms with van der Waals surface area (Å²) in [6.07, 6.45) is -0.831. The maximum atomic E-state index is 13.6. The van der Waals surface area contributed by atoms with Crippen LogP contribution >= 0.6 is 0 Å². The molecule has 1 unspecified atom stereocenters. The molecule has 2 aromatic rings. The van der Waals surface area contributed by atoms with E-state index in [2.05, 4.69) is 5.16 Å². The molecule has 0 spiro atoms. The summed E-state index contributed by atoms with van der Waals surface area (Å²) in [4.78, 5) is 13.1. The monoisotopic (exact) mass is 354 g/mol. The highest BCUT2D eigenvalue weighted by Gasteiger charge is 2.27. The molecule has 136 valence electrons. The van der Waals surface area contributed by atoms with E-state index in [9.17, 15) is 19.4 Å². The number of nitrogens with zero attached hydrogens (tertiary/aromatic N) is 2. The summed E-state index contributed by atoms with van der Waals surface area (Å²) in [7, 11) is 4.32. The Bertz CT molecular complexity index is 748. The van der Waals surface area contributed by atoms with E-state index < -0.39 is 17.9 Å². The number of benzene rings is 1. The van der Waals surface area contributed by atoms with Gasteiger partial charge in [0.2, 0.25) is 0 Å². The number of carboxylic acids is 1. The lowest BCUT2D eigenvalue weighted by atomic mass is 10.1. The zero-order valence-corrected chi connectivity index (χ0v) is 14.0. The molecular weight excluding hydrogens is 335 g/mol. The average Bonchev–Trinajstić information content (AvgIpc) is 3.00. The first kappa shape index (κ1) is 18.7. The first-order valence-electron chi connectivity index (χ1n) is 7.34. The highest BCUT2D eigenvalue weighted by molar-refractivity contribution is 5.99. The molecule has 2 N–H and O–H groups in total. The number of likely N-dealkylation sites (N-methyl/N-ethyl adjacent to an activating group) is 1. The van der Waals surface area contributed by atoms with Gasteiger partial charge in [-0.1, -0.05) is 5.16 Å². The summed E-state index contributed by atoms with van der Waals surface area (Å²) in [5.41, 5.74) is 0.112. The van der Waals surface area contributed by atoms with Crippen molar-refractivity contribution in [3.8, 4) is 17.1 Å². The van der Waals surface area contributed by atoms with Crippen LogP contribution in [0.5, 0.6) is 5.75 Å². The Hall–Kier alpha value is -2.65. The fraction of sp³-hybridized carbons (Fsp3) is 0.375. The van der Waals surface area contributed by atoms with Gasteiger partial charge in [0.1, 0.15) is 0 Å². The zero-order valence-electron chi connectivity index (χ0n) is 14.0. The Morgan fingerprint density at radius 3 is 2.76 bits per heavy atom. The van der Waals surface area contributed by atoms with E-state index in [4.69, 9.17) is 14.0 Å². The van der Waals surface area contributed by atoms with E-state index in [1.54, 1.807) is 7.05 Å². The number of ether oxygens (including phenoxy) is 2. The van der Waals surface area contributed by atoms with Gasteiger partial charge in [-0.3, -0.25) is 0 Å². The van der Waals surface area contributed by atoms with Crippen LogP contribution < -0.4 is 9.64 Å². The summed E-state index contributed by atoms with van der Waals surface area (Å²) in [6.45, 7) is 0.180. The van der Waals surface area contributed by atoms with Crippen molar-refractivity contribution in [2.24, 2.45) is 0 Å². The van der Waals surface area contributed by atoms with Crippen LogP contribution in [0.4, 0.5) is 10.2 Å². The van der Waals surface area contributed by atoms with Gasteiger partial charge in [0.05, 0.1) is 19.8 Å². The number of hydrogen-bond acceptors (Lipinski definition) is 7. The lowest BCUT2D eigenvalue weighted by molar-refractivity contribution is 0.0680. The lowest BCUT2D eigenvalue weighted by Crippen LogP contribution is -2.32. The smallest absolute Gasteiger partial charge is 0.343 e. The molecule has 1 aromatic carbocycles. The number of aliphatic hydroxyl groups excluding tert-OH is 1. The van der Waals surface area contributed by atoms with Crippen molar-refractivity contribution in [2.45, 2.75) is 6.10 Å². The van der Waals surface area contributed by atoms with Gasteiger partial charge >= 0.3 is 5.97 Å². The van der Waals surface area contributed by atoms with Gasteiger partial charge in [-0.2, -0.15) is 0 Å². The van der Waals surface area contributed by atoms with E-state index in [1.165, 1.54) is 31.3 Å². The van der Waals surface area contributed by atoms with Crippen LogP contribution in [0.15, 0.2) is 22.7 Å². The Balaban J connectivity index is 2.41. The quantitative estimate of drug-likeness (QED) is 0.737. The minimum atomic E-state index is -1.26. The van der Waals surface area contributed by atoms with E-state index in [0.717, 1.165) is 6.07 Å². The van der Waals surface area contributed by atoms with Gasteiger partial charge in [-0.05, 0) is 18.2 Å². The minimum Gasteiger partial charge on any atom is -0.494 e. The van der Waals surface area contributed by atoms with Crippen molar-refractivity contribution in [1.82, 2.24) is 5.16 Å². The van der Waals surface area contributed by atoms with Crippen molar-refractivity contribution in [2.75, 3.05) is 39.3 Å². The number of aromatic nitrogens is 1. The standard InChI is InChI=1S/C16H19FN2O6/c1-19(7-10(20)8-23-2)15-13(16(21)22)14(25-18-15)9-4-5-11(17)12(6-9)24-3/h4-6,10,20H,7-8H2,1-3H3,(H,21,22). The molecule has 0 bridgehead atoms. The van der Waals surface area contributed by atoms with Crippen molar-refractivity contribution in [3.63, 3.8) is 0 Å². The van der Waals surface area contributed by atoms with E-state index in [1.807, 2.05) is 0 Å². The van der Waals surface area contributed by atoms with Gasteiger partial charge in [0.15, 0.2) is 28.7 Å². The number of methoxy groups -OCH3 is 2. The van der Waals surface area contributed by atoms with Gasteiger partial charge in [-0.15, -0.1) is 0 Å². The molecule has 0 aliphatic heterocycles. The third-order valence-electron chi connectivity index (χ3n) is 3.51. The lowest BCUT2D eigenvalue weighted by Gasteiger charge is -2.20. The van der Waals surface area contributed by atoms with Crippen molar-refractivity contribution in [1.29, 1.82) is 0 Å². The highest BCUT2D eigenvalue weighted by atomic mass is 19.1. The molecule has 2 rings (SSSR count). The third kappa shape index (κ3) is 4.06. The number of anilines is 1. The van der Waals surface area contributed by atoms with Crippen molar-refractivity contribution < 1.29 is 33.4 Å². The number of aliphatic hydroxyl groups is 1. The van der Waals surface area contributed by atoms with Gasteiger partial charge in [0.25, 0.3) is 0 Å². The molecule has 0 saturated heterocycles. The second kappa shape index (κ2) is 7.95. The highest BCUT2D eigenvalue weighted by Crippen LogP contribution is 2.33. The predicted octanol–water partition coefficient (Wildman–Crippen LogP) is 1.63. The first-order chi connectivity index (χ1) is 11.9. The summed E-state index contributed by atoms with van der Waals surface area (Å²) >= 11 is 0. The molecule has 8 nitrogen and oxygen atoms in total. The van der Waals surface area contributed by atoms with Gasteiger partial charge < -0.3 is 29.1 Å². The number of carbonyl (C=O) groups is 1. The molecule has 1 heterocycles. The maximum absolute atomic E-state index is 13.6.